The van der Waals surface area contributed by atoms with Gasteiger partial charge < -0.3 is 14.7 Å². The number of hydrogen-bond acceptors (Lipinski definition) is 3. The summed E-state index contributed by atoms with van der Waals surface area (Å²) >= 11 is 0. The summed E-state index contributed by atoms with van der Waals surface area (Å²) in [6.45, 7) is 1.58. The lowest BCUT2D eigenvalue weighted by molar-refractivity contribution is -0.137. The third-order valence-corrected chi connectivity index (χ3v) is 7.64. The average molecular weight is 418 g/mol. The molecule has 5 rings (SSSR count). The van der Waals surface area contributed by atoms with Crippen molar-refractivity contribution in [3.63, 3.8) is 0 Å². The van der Waals surface area contributed by atoms with Crippen molar-refractivity contribution in [2.45, 2.75) is 44.2 Å². The predicted molar refractivity (Wildman–Crippen MR) is 122 cm³/mol. The Morgan fingerprint density at radius 3 is 2.68 bits per heavy atom. The quantitative estimate of drug-likeness (QED) is 0.747. The smallest absolute Gasteiger partial charge is 0.254 e. The summed E-state index contributed by atoms with van der Waals surface area (Å²) < 4.78 is 0. The minimum Gasteiger partial charge on any atom is -0.378 e. The first kappa shape index (κ1) is 20.1. The van der Waals surface area contributed by atoms with Crippen molar-refractivity contribution >= 4 is 17.5 Å². The number of carbonyl (C=O) groups excluding carboxylic acids is 2. The van der Waals surface area contributed by atoms with Gasteiger partial charge in [-0.05, 0) is 55.9 Å². The molecule has 0 N–H and O–H groups in total. The van der Waals surface area contributed by atoms with Gasteiger partial charge in [0.05, 0.1) is 5.41 Å². The molecule has 0 saturated carbocycles. The van der Waals surface area contributed by atoms with Crippen LogP contribution in [-0.2, 0) is 11.2 Å². The first-order chi connectivity index (χ1) is 15.0. The lowest BCUT2D eigenvalue weighted by Gasteiger charge is -2.32. The van der Waals surface area contributed by atoms with Crippen LogP contribution in [0.5, 0.6) is 0 Å². The lowest BCUT2D eigenvalue weighted by atomic mass is 9.72. The van der Waals surface area contributed by atoms with Crippen LogP contribution in [0.1, 0.15) is 41.6 Å². The minimum atomic E-state index is -0.367. The van der Waals surface area contributed by atoms with Crippen molar-refractivity contribution in [2.75, 3.05) is 32.1 Å². The summed E-state index contributed by atoms with van der Waals surface area (Å²) in [7, 11) is 3.97. The van der Waals surface area contributed by atoms with E-state index in [1.807, 2.05) is 66.4 Å². The van der Waals surface area contributed by atoms with Gasteiger partial charge in [-0.1, -0.05) is 36.4 Å². The molecule has 2 amide bonds. The van der Waals surface area contributed by atoms with Crippen LogP contribution in [0.3, 0.4) is 0 Å². The number of amides is 2. The van der Waals surface area contributed by atoms with Gasteiger partial charge in [-0.25, -0.2) is 0 Å². The van der Waals surface area contributed by atoms with Crippen LogP contribution < -0.4 is 4.90 Å². The van der Waals surface area contributed by atoms with Crippen LogP contribution in [-0.4, -0.2) is 60.9 Å². The van der Waals surface area contributed by atoms with Gasteiger partial charge in [0.15, 0.2) is 0 Å². The van der Waals surface area contributed by atoms with E-state index in [0.29, 0.717) is 0 Å². The molecule has 3 heterocycles. The van der Waals surface area contributed by atoms with E-state index in [1.54, 1.807) is 0 Å². The number of carbonyl (C=O) groups is 2. The Hall–Kier alpha value is -2.82. The molecule has 162 valence electrons. The van der Waals surface area contributed by atoms with E-state index in [1.165, 1.54) is 5.56 Å². The second-order valence-corrected chi connectivity index (χ2v) is 9.54. The molecule has 2 bridgehead atoms. The van der Waals surface area contributed by atoms with E-state index in [4.69, 9.17) is 0 Å². The Balaban J connectivity index is 1.33. The first-order valence-electron chi connectivity index (χ1n) is 11.4. The van der Waals surface area contributed by atoms with Gasteiger partial charge in [0.25, 0.3) is 5.91 Å². The third-order valence-electron chi connectivity index (χ3n) is 7.64. The van der Waals surface area contributed by atoms with Gasteiger partial charge in [0.1, 0.15) is 0 Å². The number of hydrogen-bond donors (Lipinski definition) is 0. The standard InChI is InChI=1S/C26H31N3O2/c1-27(2)21-10-6-9-20(17-21)24(30)29-22-11-12-23(29)26(18-22)14-16-28(25(26)31)15-13-19-7-4-3-5-8-19/h3-10,17,22-23H,11-16,18H2,1-2H3. The molecule has 1 spiro atoms. The van der Waals surface area contributed by atoms with Crippen molar-refractivity contribution in [1.29, 1.82) is 0 Å². The van der Waals surface area contributed by atoms with Gasteiger partial charge >= 0.3 is 0 Å². The van der Waals surface area contributed by atoms with Crippen LogP contribution in [0.15, 0.2) is 54.6 Å². The zero-order chi connectivity index (χ0) is 21.6. The Kier molecular flexibility index (Phi) is 4.99. The second-order valence-electron chi connectivity index (χ2n) is 9.54. The van der Waals surface area contributed by atoms with E-state index in [9.17, 15) is 9.59 Å². The molecule has 5 heteroatoms. The average Bonchev–Trinajstić information content (AvgIpc) is 3.44. The van der Waals surface area contributed by atoms with Crippen molar-refractivity contribution in [2.24, 2.45) is 5.41 Å². The fourth-order valence-corrected chi connectivity index (χ4v) is 6.03. The Labute approximate surface area is 184 Å². The molecule has 3 atom stereocenters. The van der Waals surface area contributed by atoms with Crippen molar-refractivity contribution in [3.05, 3.63) is 65.7 Å². The topological polar surface area (TPSA) is 43.9 Å². The largest absolute Gasteiger partial charge is 0.378 e. The number of anilines is 1. The van der Waals surface area contributed by atoms with Gasteiger partial charge in [0.2, 0.25) is 5.91 Å². The molecule has 3 fully saturated rings. The van der Waals surface area contributed by atoms with Crippen molar-refractivity contribution in [1.82, 2.24) is 9.80 Å². The molecular weight excluding hydrogens is 386 g/mol. The van der Waals surface area contributed by atoms with Gasteiger partial charge in [0, 0.05) is 50.5 Å². The van der Waals surface area contributed by atoms with E-state index in [0.717, 1.165) is 56.4 Å². The number of likely N-dealkylation sites (tertiary alicyclic amines) is 1. The Morgan fingerprint density at radius 2 is 1.90 bits per heavy atom. The number of benzene rings is 2. The third kappa shape index (κ3) is 3.31. The summed E-state index contributed by atoms with van der Waals surface area (Å²) in [6.07, 6.45) is 4.56. The molecule has 0 aliphatic carbocycles. The summed E-state index contributed by atoms with van der Waals surface area (Å²) in [6, 6.07) is 18.4. The number of fused-ring (bicyclic) bond motifs is 3. The molecule has 0 radical (unpaired) electrons. The molecule has 2 aromatic carbocycles. The summed E-state index contributed by atoms with van der Waals surface area (Å²) in [5.41, 5.74) is 2.65. The number of nitrogens with zero attached hydrogens (tertiary/aromatic N) is 3. The van der Waals surface area contributed by atoms with Crippen LogP contribution in [0, 0.1) is 5.41 Å². The van der Waals surface area contributed by atoms with E-state index >= 15 is 0 Å². The summed E-state index contributed by atoms with van der Waals surface area (Å²) in [5.74, 6) is 0.360. The lowest BCUT2D eigenvalue weighted by Crippen LogP contribution is -2.45. The van der Waals surface area contributed by atoms with Crippen LogP contribution in [0.4, 0.5) is 5.69 Å². The molecule has 3 saturated heterocycles. The fourth-order valence-electron chi connectivity index (χ4n) is 6.03. The van der Waals surface area contributed by atoms with E-state index in [2.05, 4.69) is 17.0 Å². The van der Waals surface area contributed by atoms with Crippen LogP contribution in [0.2, 0.25) is 0 Å². The number of rotatable bonds is 5. The molecule has 0 aromatic heterocycles. The molecule has 2 aromatic rings. The van der Waals surface area contributed by atoms with Crippen LogP contribution in [0.25, 0.3) is 0 Å². The van der Waals surface area contributed by atoms with E-state index in [-0.39, 0.29) is 29.3 Å². The first-order valence-corrected chi connectivity index (χ1v) is 11.4. The normalized spacial score (nSPS) is 26.8. The fraction of sp³-hybridized carbons (Fsp3) is 0.462. The predicted octanol–water partition coefficient (Wildman–Crippen LogP) is 3.59. The van der Waals surface area contributed by atoms with Crippen LogP contribution >= 0.6 is 0 Å². The maximum atomic E-state index is 13.6. The van der Waals surface area contributed by atoms with Crippen molar-refractivity contribution < 1.29 is 9.59 Å². The Morgan fingerprint density at radius 1 is 1.10 bits per heavy atom. The highest BCUT2D eigenvalue weighted by atomic mass is 16.2. The van der Waals surface area contributed by atoms with Gasteiger partial charge in [-0.15, -0.1) is 0 Å². The highest BCUT2D eigenvalue weighted by Gasteiger charge is 2.63. The highest BCUT2D eigenvalue weighted by Crippen LogP contribution is 2.55. The summed E-state index contributed by atoms with van der Waals surface area (Å²) in [5, 5.41) is 0. The molecule has 5 nitrogen and oxygen atoms in total. The van der Waals surface area contributed by atoms with E-state index < -0.39 is 0 Å². The van der Waals surface area contributed by atoms with Crippen molar-refractivity contribution in [3.8, 4) is 0 Å². The zero-order valence-corrected chi connectivity index (χ0v) is 18.5. The monoisotopic (exact) mass is 417 g/mol. The minimum absolute atomic E-state index is 0.0437. The molecule has 3 unspecified atom stereocenters. The molecular formula is C26H31N3O2. The molecule has 31 heavy (non-hydrogen) atoms. The molecule has 3 aliphatic heterocycles. The Bertz CT molecular complexity index is 989. The SMILES string of the molecule is CN(C)c1cccc(C(=O)N2C3CCC2C2(CCN(CCc4ccccc4)C2=O)C3)c1. The maximum absolute atomic E-state index is 13.6. The second kappa shape index (κ2) is 7.70. The van der Waals surface area contributed by atoms with Gasteiger partial charge in [-0.3, -0.25) is 9.59 Å². The zero-order valence-electron chi connectivity index (χ0n) is 18.5. The highest BCUT2D eigenvalue weighted by molar-refractivity contribution is 5.97. The molecule has 3 aliphatic rings. The van der Waals surface area contributed by atoms with Gasteiger partial charge in [-0.2, -0.15) is 0 Å². The summed E-state index contributed by atoms with van der Waals surface area (Å²) in [4.78, 5) is 33.2. The maximum Gasteiger partial charge on any atom is 0.254 e.